The average molecular weight is 743 g/mol. The molecule has 2 saturated carbocycles. The van der Waals surface area contributed by atoms with E-state index in [2.05, 4.69) is 65.8 Å². The van der Waals surface area contributed by atoms with E-state index in [0.29, 0.717) is 11.5 Å². The average Bonchev–Trinajstić information content (AvgIpc) is 3.18. The number of phenolic OH excluding ortho intramolecular Hbond substituents is 2. The van der Waals surface area contributed by atoms with E-state index in [9.17, 15) is 10.2 Å². The normalized spacial score (nSPS) is 17.1. The molecule has 0 saturated heterocycles. The Balaban J connectivity index is 1.87. The van der Waals surface area contributed by atoms with E-state index in [0.717, 1.165) is 24.0 Å². The van der Waals surface area contributed by atoms with Gasteiger partial charge in [-0.3, -0.25) is 0 Å². The standard InChI is InChI=1S/C52H86O2/c1-7-11-15-17-19-23-29-42-37-44(49(53)46(39-42)51(31-13-9-3)33-25-21-26-34-51)48(41(5)6)45-38-43(30-24-20-18-16-12-8-2)40-47(50(45)54)52(32-14-10-4)35-27-22-28-36-52/h37-41,48,53-54H,7-36H2,1-6H3. The van der Waals surface area contributed by atoms with Crippen molar-refractivity contribution in [2.45, 2.75) is 251 Å². The number of phenols is 2. The molecule has 2 N–H and O–H groups in total. The molecule has 0 heterocycles. The number of aryl methyl sites for hydroxylation is 2. The molecule has 0 aliphatic heterocycles. The predicted molar refractivity (Wildman–Crippen MR) is 236 cm³/mol. The van der Waals surface area contributed by atoms with Crippen LogP contribution in [-0.4, -0.2) is 10.2 Å². The van der Waals surface area contributed by atoms with Crippen molar-refractivity contribution < 1.29 is 10.2 Å². The summed E-state index contributed by atoms with van der Waals surface area (Å²) in [5.41, 5.74) is 7.62. The molecule has 4 rings (SSSR count). The number of unbranched alkanes of at least 4 members (excludes halogenated alkanes) is 12. The first-order chi connectivity index (χ1) is 26.3. The molecule has 0 atom stereocenters. The maximum absolute atomic E-state index is 12.8. The van der Waals surface area contributed by atoms with Crippen LogP contribution in [0.4, 0.5) is 0 Å². The van der Waals surface area contributed by atoms with Crippen LogP contribution in [0, 0.1) is 5.92 Å². The molecule has 2 aromatic rings. The number of aromatic hydroxyl groups is 2. The van der Waals surface area contributed by atoms with Crippen LogP contribution in [0.3, 0.4) is 0 Å². The Bertz CT molecular complexity index is 1240. The van der Waals surface area contributed by atoms with Gasteiger partial charge in [0.05, 0.1) is 0 Å². The van der Waals surface area contributed by atoms with Crippen molar-refractivity contribution in [3.05, 3.63) is 57.6 Å². The van der Waals surface area contributed by atoms with Crippen molar-refractivity contribution in [1.82, 2.24) is 0 Å². The molecule has 2 heteroatoms. The van der Waals surface area contributed by atoms with Crippen LogP contribution in [-0.2, 0) is 23.7 Å². The fourth-order valence-corrected chi connectivity index (χ4v) is 10.9. The third-order valence-electron chi connectivity index (χ3n) is 14.2. The summed E-state index contributed by atoms with van der Waals surface area (Å²) in [5.74, 6) is 1.31. The Kier molecular flexibility index (Phi) is 19.3. The maximum Gasteiger partial charge on any atom is 0.123 e. The molecule has 2 aliphatic rings. The molecule has 0 aromatic heterocycles. The van der Waals surface area contributed by atoms with Crippen LogP contribution in [0.2, 0.25) is 0 Å². The summed E-state index contributed by atoms with van der Waals surface area (Å²) in [6.45, 7) is 13.9. The lowest BCUT2D eigenvalue weighted by molar-refractivity contribution is 0.257. The zero-order chi connectivity index (χ0) is 38.8. The monoisotopic (exact) mass is 743 g/mol. The third-order valence-corrected chi connectivity index (χ3v) is 14.2. The van der Waals surface area contributed by atoms with Gasteiger partial charge in [0.1, 0.15) is 11.5 Å². The summed E-state index contributed by atoms with van der Waals surface area (Å²) < 4.78 is 0. The second kappa shape index (κ2) is 23.3. The van der Waals surface area contributed by atoms with Gasteiger partial charge in [0.2, 0.25) is 0 Å². The quantitative estimate of drug-likeness (QED) is 0.0995. The minimum absolute atomic E-state index is 0.0462. The van der Waals surface area contributed by atoms with Gasteiger partial charge in [-0.1, -0.05) is 194 Å². The highest BCUT2D eigenvalue weighted by molar-refractivity contribution is 5.57. The molecule has 54 heavy (non-hydrogen) atoms. The van der Waals surface area contributed by atoms with Gasteiger partial charge in [0.25, 0.3) is 0 Å². The van der Waals surface area contributed by atoms with Crippen LogP contribution in [0.15, 0.2) is 24.3 Å². The fraction of sp³-hybridized carbons (Fsp3) is 0.769. The van der Waals surface area contributed by atoms with Gasteiger partial charge in [0, 0.05) is 28.2 Å². The molecule has 0 bridgehead atoms. The zero-order valence-electron chi connectivity index (χ0n) is 36.6. The van der Waals surface area contributed by atoms with E-state index in [1.807, 2.05) is 0 Å². The van der Waals surface area contributed by atoms with E-state index in [1.165, 1.54) is 202 Å². The number of hydrogen-bond donors (Lipinski definition) is 2. The molecule has 2 aliphatic carbocycles. The predicted octanol–water partition coefficient (Wildman–Crippen LogP) is 16.5. The Morgan fingerprint density at radius 3 is 1.17 bits per heavy atom. The van der Waals surface area contributed by atoms with Crippen molar-refractivity contribution in [2.75, 3.05) is 0 Å². The van der Waals surface area contributed by atoms with E-state index in [-0.39, 0.29) is 22.7 Å². The molecule has 0 spiro atoms. The van der Waals surface area contributed by atoms with Gasteiger partial charge in [0.15, 0.2) is 0 Å². The summed E-state index contributed by atoms with van der Waals surface area (Å²) in [6.07, 6.45) is 37.3. The van der Waals surface area contributed by atoms with Gasteiger partial charge in [-0.05, 0) is 92.1 Å². The molecular formula is C52H86O2. The third kappa shape index (κ3) is 12.0. The van der Waals surface area contributed by atoms with Crippen LogP contribution < -0.4 is 0 Å². The smallest absolute Gasteiger partial charge is 0.123 e. The van der Waals surface area contributed by atoms with Crippen LogP contribution >= 0.6 is 0 Å². The molecule has 0 radical (unpaired) electrons. The fourth-order valence-electron chi connectivity index (χ4n) is 10.9. The molecule has 2 nitrogen and oxygen atoms in total. The van der Waals surface area contributed by atoms with Gasteiger partial charge >= 0.3 is 0 Å². The van der Waals surface area contributed by atoms with E-state index in [4.69, 9.17) is 0 Å². The number of hydrogen-bond acceptors (Lipinski definition) is 2. The lowest BCUT2D eigenvalue weighted by Gasteiger charge is -2.41. The van der Waals surface area contributed by atoms with Crippen molar-refractivity contribution in [3.63, 3.8) is 0 Å². The molecule has 0 unspecified atom stereocenters. The lowest BCUT2D eigenvalue weighted by Crippen LogP contribution is -2.30. The van der Waals surface area contributed by atoms with Crippen LogP contribution in [0.1, 0.15) is 261 Å². The Morgan fingerprint density at radius 1 is 0.463 bits per heavy atom. The highest BCUT2D eigenvalue weighted by atomic mass is 16.3. The molecular weight excluding hydrogens is 657 g/mol. The summed E-state index contributed by atoms with van der Waals surface area (Å²) in [7, 11) is 0. The van der Waals surface area contributed by atoms with Gasteiger partial charge < -0.3 is 10.2 Å². The Hall–Kier alpha value is -1.96. The molecule has 0 amide bonds. The highest BCUT2D eigenvalue weighted by Gasteiger charge is 2.40. The largest absolute Gasteiger partial charge is 0.507 e. The summed E-state index contributed by atoms with van der Waals surface area (Å²) in [4.78, 5) is 0. The topological polar surface area (TPSA) is 40.5 Å². The first kappa shape index (κ1) is 44.8. The highest BCUT2D eigenvalue weighted by Crippen LogP contribution is 2.54. The van der Waals surface area contributed by atoms with Crippen LogP contribution in [0.25, 0.3) is 0 Å². The van der Waals surface area contributed by atoms with E-state index < -0.39 is 0 Å². The minimum atomic E-state index is -0.0462. The summed E-state index contributed by atoms with van der Waals surface area (Å²) >= 11 is 0. The van der Waals surface area contributed by atoms with Crippen LogP contribution in [0.5, 0.6) is 11.5 Å². The van der Waals surface area contributed by atoms with Crippen molar-refractivity contribution in [2.24, 2.45) is 5.92 Å². The molecule has 2 aromatic carbocycles. The van der Waals surface area contributed by atoms with Gasteiger partial charge in [-0.15, -0.1) is 0 Å². The molecule has 2 fully saturated rings. The number of benzene rings is 2. The first-order valence-electron chi connectivity index (χ1n) is 24.0. The first-order valence-corrected chi connectivity index (χ1v) is 24.0. The maximum atomic E-state index is 12.8. The second-order valence-electron chi connectivity index (χ2n) is 18.8. The minimum Gasteiger partial charge on any atom is -0.507 e. The zero-order valence-corrected chi connectivity index (χ0v) is 36.6. The van der Waals surface area contributed by atoms with E-state index >= 15 is 0 Å². The second-order valence-corrected chi connectivity index (χ2v) is 18.8. The van der Waals surface area contributed by atoms with Gasteiger partial charge in [-0.2, -0.15) is 0 Å². The molecule has 306 valence electrons. The van der Waals surface area contributed by atoms with Crippen molar-refractivity contribution in [1.29, 1.82) is 0 Å². The lowest BCUT2D eigenvalue weighted by atomic mass is 9.64. The van der Waals surface area contributed by atoms with E-state index in [1.54, 1.807) is 0 Å². The van der Waals surface area contributed by atoms with Crippen molar-refractivity contribution in [3.8, 4) is 11.5 Å². The van der Waals surface area contributed by atoms with Crippen molar-refractivity contribution >= 4 is 0 Å². The Morgan fingerprint density at radius 2 is 0.815 bits per heavy atom. The SMILES string of the molecule is CCCCCCCCc1cc(C(c2cc(CCCCCCCC)cc(C3(CCCC)CCCCC3)c2O)C(C)C)c(O)c(C2(CCCC)CCCCC2)c1. The Labute approximate surface area is 335 Å². The van der Waals surface area contributed by atoms with Gasteiger partial charge in [-0.25, -0.2) is 0 Å². The summed E-state index contributed by atoms with van der Waals surface area (Å²) in [5, 5.41) is 25.6. The summed E-state index contributed by atoms with van der Waals surface area (Å²) in [6, 6.07) is 9.73. The number of rotatable bonds is 25.